The summed E-state index contributed by atoms with van der Waals surface area (Å²) < 4.78 is 14.1. The number of aromatic nitrogens is 3. The molecule has 3 rings (SSSR count). The third-order valence-electron chi connectivity index (χ3n) is 4.01. The van der Waals surface area contributed by atoms with E-state index in [-0.39, 0.29) is 30.3 Å². The minimum Gasteiger partial charge on any atom is -0.308 e. The second kappa shape index (κ2) is 9.15. The van der Waals surface area contributed by atoms with E-state index in [9.17, 15) is 9.18 Å². The standard InChI is InChI=1S/C20H18FN5OS/c1-14-7-9-15(10-8-14)19-23-20(25-24-19)28-13-18(27)26(12-4-11-22)17-6-3-2-5-16(17)21/h2-3,5-10H,4,12-13H2,1H3,(H,23,24,25). The number of aryl methyl sites for hydroxylation is 1. The van der Waals surface area contributed by atoms with E-state index >= 15 is 0 Å². The molecule has 0 aliphatic rings. The van der Waals surface area contributed by atoms with Crippen LogP contribution < -0.4 is 4.90 Å². The number of thioether (sulfide) groups is 1. The molecular weight excluding hydrogens is 377 g/mol. The molecular formula is C20H18FN5OS. The van der Waals surface area contributed by atoms with Gasteiger partial charge in [0.1, 0.15) is 5.82 Å². The first-order chi connectivity index (χ1) is 13.6. The van der Waals surface area contributed by atoms with Crippen LogP contribution in [0.3, 0.4) is 0 Å². The van der Waals surface area contributed by atoms with Crippen LogP contribution in [0.5, 0.6) is 0 Å². The van der Waals surface area contributed by atoms with Gasteiger partial charge in [0.2, 0.25) is 11.1 Å². The number of nitrogens with one attached hydrogen (secondary N) is 1. The van der Waals surface area contributed by atoms with E-state index in [1.807, 2.05) is 37.3 Å². The summed E-state index contributed by atoms with van der Waals surface area (Å²) in [6.45, 7) is 2.13. The minimum absolute atomic E-state index is 0.0327. The Morgan fingerprint density at radius 3 is 2.71 bits per heavy atom. The number of nitriles is 1. The van der Waals surface area contributed by atoms with E-state index in [0.29, 0.717) is 11.0 Å². The van der Waals surface area contributed by atoms with Crippen LogP contribution in [0.4, 0.5) is 10.1 Å². The minimum atomic E-state index is -0.502. The van der Waals surface area contributed by atoms with Crippen molar-refractivity contribution in [2.75, 3.05) is 17.2 Å². The van der Waals surface area contributed by atoms with Gasteiger partial charge in [0.05, 0.1) is 23.9 Å². The van der Waals surface area contributed by atoms with Crippen molar-refractivity contribution in [2.45, 2.75) is 18.5 Å². The van der Waals surface area contributed by atoms with Crippen molar-refractivity contribution in [3.63, 3.8) is 0 Å². The van der Waals surface area contributed by atoms with Gasteiger partial charge in [0, 0.05) is 12.1 Å². The number of aromatic amines is 1. The smallest absolute Gasteiger partial charge is 0.237 e. The number of hydrogen-bond donors (Lipinski definition) is 1. The van der Waals surface area contributed by atoms with Crippen molar-refractivity contribution in [3.8, 4) is 17.5 Å². The van der Waals surface area contributed by atoms with E-state index in [2.05, 4.69) is 15.2 Å². The van der Waals surface area contributed by atoms with Crippen molar-refractivity contribution in [3.05, 3.63) is 59.9 Å². The predicted molar refractivity (Wildman–Crippen MR) is 106 cm³/mol. The fourth-order valence-corrected chi connectivity index (χ4v) is 3.24. The summed E-state index contributed by atoms with van der Waals surface area (Å²) in [5.74, 6) is -0.166. The third kappa shape index (κ3) is 4.75. The van der Waals surface area contributed by atoms with Crippen LogP contribution in [0.25, 0.3) is 11.4 Å². The normalized spacial score (nSPS) is 10.5. The number of carbonyl (C=O) groups excluding carboxylic acids is 1. The number of nitrogens with zero attached hydrogens (tertiary/aromatic N) is 4. The monoisotopic (exact) mass is 395 g/mol. The number of rotatable bonds is 7. The molecule has 0 atom stereocenters. The summed E-state index contributed by atoms with van der Waals surface area (Å²) in [4.78, 5) is 18.3. The number of benzene rings is 2. The van der Waals surface area contributed by atoms with Crippen LogP contribution in [-0.2, 0) is 4.79 Å². The second-order valence-electron chi connectivity index (χ2n) is 6.03. The molecule has 0 aliphatic carbocycles. The van der Waals surface area contributed by atoms with Crippen molar-refractivity contribution >= 4 is 23.4 Å². The molecule has 28 heavy (non-hydrogen) atoms. The molecule has 0 bridgehead atoms. The Hall–Kier alpha value is -3.18. The molecule has 0 saturated carbocycles. The summed E-state index contributed by atoms with van der Waals surface area (Å²) in [5, 5.41) is 16.3. The zero-order chi connectivity index (χ0) is 19.9. The Morgan fingerprint density at radius 1 is 1.25 bits per heavy atom. The lowest BCUT2D eigenvalue weighted by Gasteiger charge is -2.21. The number of carbonyl (C=O) groups is 1. The Morgan fingerprint density at radius 2 is 2.00 bits per heavy atom. The van der Waals surface area contributed by atoms with Crippen LogP contribution in [0.1, 0.15) is 12.0 Å². The molecule has 0 spiro atoms. The molecule has 0 radical (unpaired) electrons. The van der Waals surface area contributed by atoms with Crippen LogP contribution in [0, 0.1) is 24.1 Å². The Balaban J connectivity index is 1.68. The lowest BCUT2D eigenvalue weighted by Crippen LogP contribution is -2.34. The number of amides is 1. The summed E-state index contributed by atoms with van der Waals surface area (Å²) >= 11 is 1.16. The van der Waals surface area contributed by atoms with Crippen LogP contribution in [-0.4, -0.2) is 33.4 Å². The van der Waals surface area contributed by atoms with E-state index < -0.39 is 5.82 Å². The lowest BCUT2D eigenvalue weighted by molar-refractivity contribution is -0.116. The van der Waals surface area contributed by atoms with Crippen molar-refractivity contribution in [1.29, 1.82) is 5.26 Å². The molecule has 0 aliphatic heterocycles. The molecule has 2 aromatic carbocycles. The van der Waals surface area contributed by atoms with Gasteiger partial charge >= 0.3 is 0 Å². The molecule has 8 heteroatoms. The molecule has 1 heterocycles. The number of H-pyrrole nitrogens is 1. The average Bonchev–Trinajstić information content (AvgIpc) is 3.17. The largest absolute Gasteiger partial charge is 0.308 e. The number of hydrogen-bond acceptors (Lipinski definition) is 5. The fourth-order valence-electron chi connectivity index (χ4n) is 2.57. The Bertz CT molecular complexity index is 996. The maximum absolute atomic E-state index is 14.1. The zero-order valence-corrected chi connectivity index (χ0v) is 16.0. The summed E-state index contributed by atoms with van der Waals surface area (Å²) in [7, 11) is 0. The van der Waals surface area contributed by atoms with Gasteiger partial charge < -0.3 is 4.90 Å². The van der Waals surface area contributed by atoms with E-state index in [4.69, 9.17) is 5.26 Å². The zero-order valence-electron chi connectivity index (χ0n) is 15.2. The lowest BCUT2D eigenvalue weighted by atomic mass is 10.1. The van der Waals surface area contributed by atoms with Gasteiger partial charge in [-0.15, -0.1) is 5.10 Å². The van der Waals surface area contributed by atoms with Crippen molar-refractivity contribution < 1.29 is 9.18 Å². The summed E-state index contributed by atoms with van der Waals surface area (Å²) in [6.07, 6.45) is 0.114. The SMILES string of the molecule is Cc1ccc(-c2nc(SCC(=O)N(CCC#N)c3ccccc3F)n[nH]2)cc1. The number of halogens is 1. The van der Waals surface area contributed by atoms with Gasteiger partial charge in [0.25, 0.3) is 0 Å². The summed E-state index contributed by atoms with van der Waals surface area (Å²) in [5.41, 5.74) is 2.21. The highest BCUT2D eigenvalue weighted by atomic mass is 32.2. The van der Waals surface area contributed by atoms with Gasteiger partial charge in [-0.2, -0.15) is 5.26 Å². The third-order valence-corrected chi connectivity index (χ3v) is 4.84. The van der Waals surface area contributed by atoms with Crippen molar-refractivity contribution in [1.82, 2.24) is 15.2 Å². The quantitative estimate of drug-likeness (QED) is 0.612. The van der Waals surface area contributed by atoms with E-state index in [1.165, 1.54) is 17.0 Å². The number of anilines is 1. The summed E-state index contributed by atoms with van der Waals surface area (Å²) in [6, 6.07) is 15.9. The Labute approximate surface area is 166 Å². The first-order valence-electron chi connectivity index (χ1n) is 8.62. The molecule has 0 saturated heterocycles. The predicted octanol–water partition coefficient (Wildman–Crippen LogP) is 3.96. The van der Waals surface area contributed by atoms with Crippen molar-refractivity contribution in [2.24, 2.45) is 0 Å². The van der Waals surface area contributed by atoms with E-state index in [0.717, 1.165) is 22.9 Å². The highest BCUT2D eigenvalue weighted by Crippen LogP contribution is 2.23. The average molecular weight is 395 g/mol. The maximum atomic E-state index is 14.1. The maximum Gasteiger partial charge on any atom is 0.237 e. The molecule has 142 valence electrons. The molecule has 0 unspecified atom stereocenters. The Kier molecular flexibility index (Phi) is 6.40. The van der Waals surface area contributed by atoms with Gasteiger partial charge in [-0.05, 0) is 19.1 Å². The molecule has 0 fully saturated rings. The molecule has 1 N–H and O–H groups in total. The second-order valence-corrected chi connectivity index (χ2v) is 6.97. The first kappa shape index (κ1) is 19.6. The highest BCUT2D eigenvalue weighted by molar-refractivity contribution is 7.99. The van der Waals surface area contributed by atoms with E-state index in [1.54, 1.807) is 12.1 Å². The molecule has 6 nitrogen and oxygen atoms in total. The molecule has 3 aromatic rings. The van der Waals surface area contributed by atoms with Crippen LogP contribution in [0.15, 0.2) is 53.7 Å². The van der Waals surface area contributed by atoms with Crippen LogP contribution in [0.2, 0.25) is 0 Å². The number of para-hydroxylation sites is 1. The van der Waals surface area contributed by atoms with Gasteiger partial charge in [-0.25, -0.2) is 9.37 Å². The fraction of sp³-hybridized carbons (Fsp3) is 0.200. The first-order valence-corrected chi connectivity index (χ1v) is 9.61. The van der Waals surface area contributed by atoms with Gasteiger partial charge in [-0.3, -0.25) is 9.89 Å². The van der Waals surface area contributed by atoms with Gasteiger partial charge in [-0.1, -0.05) is 53.7 Å². The topological polar surface area (TPSA) is 85.7 Å². The van der Waals surface area contributed by atoms with Crippen LogP contribution >= 0.6 is 11.8 Å². The molecule has 1 aromatic heterocycles. The van der Waals surface area contributed by atoms with Gasteiger partial charge in [0.15, 0.2) is 5.82 Å². The highest BCUT2D eigenvalue weighted by Gasteiger charge is 2.19. The molecule has 1 amide bonds.